The molecule has 0 unspecified atom stereocenters. The van der Waals surface area contributed by atoms with Gasteiger partial charge in [0.1, 0.15) is 5.75 Å². The van der Waals surface area contributed by atoms with Crippen molar-refractivity contribution in [1.29, 1.82) is 0 Å². The monoisotopic (exact) mass is 540 g/mol. The Bertz CT molecular complexity index is 1080. The molecule has 0 saturated heterocycles. The molecule has 3 rings (SSSR count). The molecule has 1 fully saturated rings. The van der Waals surface area contributed by atoms with E-state index in [9.17, 15) is 26.7 Å². The van der Waals surface area contributed by atoms with Crippen molar-refractivity contribution in [3.05, 3.63) is 59.7 Å². The molecular weight excluding hydrogens is 507 g/mol. The summed E-state index contributed by atoms with van der Waals surface area (Å²) in [7, 11) is 0. The molecule has 1 aliphatic rings. The van der Waals surface area contributed by atoms with E-state index in [1.807, 2.05) is 6.07 Å². The quantitative estimate of drug-likeness (QED) is 0.104. The normalized spacial score (nSPS) is 18.4. The van der Waals surface area contributed by atoms with Crippen LogP contribution in [0.25, 0.3) is 6.08 Å². The molecule has 0 aliphatic heterocycles. The molecule has 0 spiro atoms. The number of alkyl halides is 5. The molecule has 1 aliphatic carbocycles. The van der Waals surface area contributed by atoms with Crippen LogP contribution in [0.1, 0.15) is 56.1 Å². The number of carbonyl (C=O) groups excluding carboxylic acids is 1. The number of hydrogen-bond donors (Lipinski definition) is 2. The average molecular weight is 541 g/mol. The molecule has 10 heteroatoms. The van der Waals surface area contributed by atoms with Crippen LogP contribution in [0.4, 0.5) is 33.3 Å². The maximum absolute atomic E-state index is 14.6. The summed E-state index contributed by atoms with van der Waals surface area (Å²) in [6.07, 6.45) is -3.61. The van der Waals surface area contributed by atoms with Crippen LogP contribution in [0.15, 0.2) is 48.5 Å². The number of esters is 1. The van der Waals surface area contributed by atoms with E-state index in [0.717, 1.165) is 18.4 Å². The van der Waals surface area contributed by atoms with Crippen molar-refractivity contribution in [3.8, 4) is 5.75 Å². The molecule has 0 heterocycles. The van der Waals surface area contributed by atoms with Crippen molar-refractivity contribution in [1.82, 2.24) is 0 Å². The van der Waals surface area contributed by atoms with Gasteiger partial charge in [0.05, 0.1) is 12.5 Å². The topological polar surface area (TPSA) is 87.6 Å². The second kappa shape index (κ2) is 13.0. The minimum atomic E-state index is -4.28. The summed E-state index contributed by atoms with van der Waals surface area (Å²) in [4.78, 5) is 11.9. The largest absolute Gasteiger partial charge is 0.463 e. The Morgan fingerprint density at radius 1 is 0.947 bits per heavy atom. The molecule has 0 bridgehead atoms. The Kier molecular flexibility index (Phi) is 9.99. The van der Waals surface area contributed by atoms with Crippen molar-refractivity contribution in [3.63, 3.8) is 0 Å². The summed E-state index contributed by atoms with van der Waals surface area (Å²) in [5.74, 6) is -2.34. The van der Waals surface area contributed by atoms with Crippen molar-refractivity contribution in [2.75, 3.05) is 18.1 Å². The predicted molar refractivity (Wildman–Crippen MR) is 136 cm³/mol. The van der Waals surface area contributed by atoms with Crippen molar-refractivity contribution >= 4 is 23.4 Å². The lowest BCUT2D eigenvalue weighted by Crippen LogP contribution is -2.37. The highest BCUT2D eigenvalue weighted by molar-refractivity contribution is 5.87. The number of unbranched alkanes of at least 4 members (excludes halogenated alkanes) is 1. The van der Waals surface area contributed by atoms with Crippen LogP contribution in [-0.4, -0.2) is 24.9 Å². The highest BCUT2D eigenvalue weighted by Gasteiger charge is 2.45. The summed E-state index contributed by atoms with van der Waals surface area (Å²) in [6, 6.07) is 11.1. The van der Waals surface area contributed by atoms with Gasteiger partial charge in [-0.15, -0.1) is 0 Å². The van der Waals surface area contributed by atoms with Gasteiger partial charge in [-0.1, -0.05) is 18.2 Å². The van der Waals surface area contributed by atoms with Gasteiger partial charge in [-0.05, 0) is 92.3 Å². The number of halogens is 5. The van der Waals surface area contributed by atoms with Gasteiger partial charge in [0.15, 0.2) is 0 Å². The molecule has 5 nitrogen and oxygen atoms in total. The zero-order valence-electron chi connectivity index (χ0n) is 21.0. The second-order valence-corrected chi connectivity index (χ2v) is 9.69. The molecule has 38 heavy (non-hydrogen) atoms. The number of hydrogen-bond acceptors (Lipinski definition) is 5. The zero-order valence-corrected chi connectivity index (χ0v) is 21.0. The molecule has 1 saturated carbocycles. The summed E-state index contributed by atoms with van der Waals surface area (Å²) in [6.45, 7) is 0.248. The van der Waals surface area contributed by atoms with Crippen LogP contribution in [0.3, 0.4) is 0 Å². The maximum Gasteiger partial charge on any atom is 0.400 e. The molecule has 208 valence electrons. The smallest absolute Gasteiger partial charge is 0.400 e. The first kappa shape index (κ1) is 29.3. The maximum atomic E-state index is 14.6. The predicted octanol–water partition coefficient (Wildman–Crippen LogP) is 7.16. The molecule has 0 aromatic heterocycles. The van der Waals surface area contributed by atoms with Gasteiger partial charge in [0, 0.05) is 23.9 Å². The SMILES string of the molecule is Nc1ccc(CCCCOC(=O)/C=C/c2ccc(OC(F)(F)C3CCC(CC(F)(F)F)CC3)cc2)c(N)c1. The minimum Gasteiger partial charge on any atom is -0.463 e. The lowest BCUT2D eigenvalue weighted by Gasteiger charge is -2.33. The second-order valence-electron chi connectivity index (χ2n) is 9.69. The molecule has 0 radical (unpaired) electrons. The Hall–Kier alpha value is -3.30. The first-order valence-electron chi connectivity index (χ1n) is 12.6. The van der Waals surface area contributed by atoms with Crippen LogP contribution in [0.5, 0.6) is 5.75 Å². The molecule has 0 atom stereocenters. The van der Waals surface area contributed by atoms with Crippen molar-refractivity contribution in [2.24, 2.45) is 11.8 Å². The van der Waals surface area contributed by atoms with Gasteiger partial charge in [-0.3, -0.25) is 0 Å². The lowest BCUT2D eigenvalue weighted by atomic mass is 9.80. The molecule has 4 N–H and O–H groups in total. The van der Waals surface area contributed by atoms with Gasteiger partial charge in [-0.25, -0.2) is 4.79 Å². The van der Waals surface area contributed by atoms with Gasteiger partial charge < -0.3 is 20.9 Å². The van der Waals surface area contributed by atoms with E-state index < -0.39 is 36.5 Å². The Morgan fingerprint density at radius 3 is 2.26 bits per heavy atom. The highest BCUT2D eigenvalue weighted by Crippen LogP contribution is 2.42. The number of rotatable bonds is 11. The zero-order chi connectivity index (χ0) is 27.8. The van der Waals surface area contributed by atoms with Crippen LogP contribution in [0.2, 0.25) is 0 Å². The number of nitrogens with two attached hydrogens (primary N) is 2. The first-order valence-corrected chi connectivity index (χ1v) is 12.6. The number of benzene rings is 2. The Balaban J connectivity index is 1.38. The van der Waals surface area contributed by atoms with Gasteiger partial charge in [0.25, 0.3) is 0 Å². The van der Waals surface area contributed by atoms with Crippen LogP contribution in [0, 0.1) is 11.8 Å². The number of aryl methyl sites for hydroxylation is 1. The minimum absolute atomic E-state index is 0.0217. The third kappa shape index (κ3) is 9.54. The van der Waals surface area contributed by atoms with Gasteiger partial charge in [0.2, 0.25) is 0 Å². The standard InChI is InChI=1S/C28H33F5N2O3/c29-27(30,31)18-20-4-10-22(11-5-20)28(32,33)38-24-13-6-19(7-14-24)8-15-26(36)37-16-2-1-3-21-9-12-23(34)17-25(21)35/h6-9,12-15,17,20,22H,1-5,10-11,16,18,34-35H2/b15-8+. The Labute approximate surface area is 219 Å². The summed E-state index contributed by atoms with van der Waals surface area (Å²) < 4.78 is 76.9. The fourth-order valence-electron chi connectivity index (χ4n) is 4.56. The van der Waals surface area contributed by atoms with E-state index in [4.69, 9.17) is 20.9 Å². The van der Waals surface area contributed by atoms with E-state index in [1.54, 1.807) is 12.1 Å². The van der Waals surface area contributed by atoms with E-state index >= 15 is 0 Å². The highest BCUT2D eigenvalue weighted by atomic mass is 19.4. The van der Waals surface area contributed by atoms with Crippen LogP contribution in [-0.2, 0) is 16.0 Å². The van der Waals surface area contributed by atoms with Crippen molar-refractivity contribution in [2.45, 2.75) is 63.7 Å². The molecule has 2 aromatic carbocycles. The average Bonchev–Trinajstić information content (AvgIpc) is 2.84. The molecule has 0 amide bonds. The fraction of sp³-hybridized carbons (Fsp3) is 0.464. The van der Waals surface area contributed by atoms with E-state index in [0.29, 0.717) is 23.4 Å². The van der Waals surface area contributed by atoms with Crippen LogP contribution < -0.4 is 16.2 Å². The third-order valence-electron chi connectivity index (χ3n) is 6.64. The molecular formula is C28H33F5N2O3. The van der Waals surface area contributed by atoms with Crippen LogP contribution >= 0.6 is 0 Å². The summed E-state index contributed by atoms with van der Waals surface area (Å²) >= 11 is 0. The summed E-state index contributed by atoms with van der Waals surface area (Å²) in [5, 5.41) is 0. The summed E-state index contributed by atoms with van der Waals surface area (Å²) in [5.41, 5.74) is 14.4. The number of ether oxygens (including phenoxy) is 2. The number of nitrogen functional groups attached to an aromatic ring is 2. The lowest BCUT2D eigenvalue weighted by molar-refractivity contribution is -0.225. The van der Waals surface area contributed by atoms with Gasteiger partial charge in [-0.2, -0.15) is 22.0 Å². The van der Waals surface area contributed by atoms with Crippen molar-refractivity contribution < 1.29 is 36.2 Å². The number of anilines is 2. The Morgan fingerprint density at radius 2 is 1.63 bits per heavy atom. The van der Waals surface area contributed by atoms with Gasteiger partial charge >= 0.3 is 18.3 Å². The van der Waals surface area contributed by atoms with E-state index in [2.05, 4.69) is 0 Å². The fourth-order valence-corrected chi connectivity index (χ4v) is 4.56. The van der Waals surface area contributed by atoms with E-state index in [1.165, 1.54) is 36.4 Å². The third-order valence-corrected chi connectivity index (χ3v) is 6.64. The number of carbonyl (C=O) groups is 1. The molecule has 2 aromatic rings. The first-order chi connectivity index (χ1) is 17.9. The van der Waals surface area contributed by atoms with E-state index in [-0.39, 0.29) is 38.0 Å².